The first kappa shape index (κ1) is 15.5. The van der Waals surface area contributed by atoms with Gasteiger partial charge in [-0.1, -0.05) is 38.1 Å². The maximum absolute atomic E-state index is 5.86. The summed E-state index contributed by atoms with van der Waals surface area (Å²) < 4.78 is 5.86. The number of hydrogen-bond donors (Lipinski definition) is 0. The summed E-state index contributed by atoms with van der Waals surface area (Å²) in [6, 6.07) is 8.79. The molecule has 1 aromatic rings. The highest BCUT2D eigenvalue weighted by Crippen LogP contribution is 2.37. The van der Waals surface area contributed by atoms with Crippen molar-refractivity contribution in [1.82, 2.24) is 4.90 Å². The molecule has 0 amide bonds. The van der Waals surface area contributed by atoms with Crippen LogP contribution in [0.15, 0.2) is 24.3 Å². The molecule has 0 radical (unpaired) electrons. The molecule has 0 aromatic heterocycles. The van der Waals surface area contributed by atoms with Gasteiger partial charge < -0.3 is 9.64 Å². The van der Waals surface area contributed by atoms with Crippen LogP contribution >= 0.6 is 0 Å². The van der Waals surface area contributed by atoms with E-state index in [1.807, 2.05) is 7.11 Å². The van der Waals surface area contributed by atoms with Crippen LogP contribution in [0.4, 0.5) is 0 Å². The van der Waals surface area contributed by atoms with Crippen LogP contribution in [-0.2, 0) is 11.2 Å². The quantitative estimate of drug-likeness (QED) is 0.744. The molecule has 2 unspecified atom stereocenters. The largest absolute Gasteiger partial charge is 0.376 e. The Balaban J connectivity index is 2.08. The Bertz CT molecular complexity index is 398. The molecule has 2 atom stereocenters. The van der Waals surface area contributed by atoms with Gasteiger partial charge in [-0.2, -0.15) is 0 Å². The van der Waals surface area contributed by atoms with Gasteiger partial charge in [-0.05, 0) is 49.9 Å². The van der Waals surface area contributed by atoms with Crippen LogP contribution < -0.4 is 0 Å². The van der Waals surface area contributed by atoms with Gasteiger partial charge >= 0.3 is 0 Å². The maximum atomic E-state index is 5.86. The highest BCUT2D eigenvalue weighted by atomic mass is 16.5. The standard InChI is InChI=1S/C18H29NO/c1-4-12-19(13-5-2)14-16-11-10-15-8-6-7-9-17(15)18(16)20-3/h6-9,16,18H,4-5,10-14H2,1-3H3. The van der Waals surface area contributed by atoms with E-state index in [1.54, 1.807) is 0 Å². The van der Waals surface area contributed by atoms with E-state index in [9.17, 15) is 0 Å². The maximum Gasteiger partial charge on any atom is 0.0864 e. The fourth-order valence-corrected chi connectivity index (χ4v) is 3.55. The van der Waals surface area contributed by atoms with Crippen LogP contribution in [0.25, 0.3) is 0 Å². The highest BCUT2D eigenvalue weighted by molar-refractivity contribution is 5.32. The molecule has 2 heteroatoms. The molecular formula is C18H29NO. The van der Waals surface area contributed by atoms with Crippen LogP contribution in [0, 0.1) is 5.92 Å². The van der Waals surface area contributed by atoms with Gasteiger partial charge in [-0.3, -0.25) is 0 Å². The van der Waals surface area contributed by atoms with Crippen molar-refractivity contribution in [2.75, 3.05) is 26.7 Å². The Kier molecular flexibility index (Phi) is 6.06. The van der Waals surface area contributed by atoms with Crippen molar-refractivity contribution in [2.45, 2.75) is 45.6 Å². The van der Waals surface area contributed by atoms with Gasteiger partial charge in [0.1, 0.15) is 0 Å². The van der Waals surface area contributed by atoms with Gasteiger partial charge in [0.2, 0.25) is 0 Å². The fourth-order valence-electron chi connectivity index (χ4n) is 3.55. The number of benzene rings is 1. The van der Waals surface area contributed by atoms with Crippen molar-refractivity contribution in [3.63, 3.8) is 0 Å². The Morgan fingerprint density at radius 2 is 1.85 bits per heavy atom. The van der Waals surface area contributed by atoms with Crippen LogP contribution in [-0.4, -0.2) is 31.6 Å². The van der Waals surface area contributed by atoms with E-state index in [-0.39, 0.29) is 6.10 Å². The zero-order valence-electron chi connectivity index (χ0n) is 13.3. The minimum Gasteiger partial charge on any atom is -0.376 e. The van der Waals surface area contributed by atoms with E-state index >= 15 is 0 Å². The van der Waals surface area contributed by atoms with Crippen LogP contribution in [0.3, 0.4) is 0 Å². The van der Waals surface area contributed by atoms with Gasteiger partial charge in [-0.25, -0.2) is 0 Å². The van der Waals surface area contributed by atoms with Gasteiger partial charge in [0.15, 0.2) is 0 Å². The van der Waals surface area contributed by atoms with E-state index < -0.39 is 0 Å². The van der Waals surface area contributed by atoms with E-state index in [4.69, 9.17) is 4.74 Å². The van der Waals surface area contributed by atoms with Crippen molar-refractivity contribution in [2.24, 2.45) is 5.92 Å². The molecule has 1 aromatic carbocycles. The molecule has 0 aliphatic heterocycles. The van der Waals surface area contributed by atoms with E-state index in [0.717, 1.165) is 0 Å². The van der Waals surface area contributed by atoms with Gasteiger partial charge in [-0.15, -0.1) is 0 Å². The summed E-state index contributed by atoms with van der Waals surface area (Å²) in [5.41, 5.74) is 2.90. The van der Waals surface area contributed by atoms with Crippen molar-refractivity contribution >= 4 is 0 Å². The molecule has 0 N–H and O–H groups in total. The number of ether oxygens (including phenoxy) is 1. The fraction of sp³-hybridized carbons (Fsp3) is 0.667. The zero-order chi connectivity index (χ0) is 14.4. The summed E-state index contributed by atoms with van der Waals surface area (Å²) in [4.78, 5) is 2.62. The van der Waals surface area contributed by atoms with Crippen molar-refractivity contribution in [1.29, 1.82) is 0 Å². The molecule has 2 nitrogen and oxygen atoms in total. The normalized spacial score (nSPS) is 22.0. The lowest BCUT2D eigenvalue weighted by Gasteiger charge is -2.36. The second-order valence-electron chi connectivity index (χ2n) is 5.95. The Hall–Kier alpha value is -0.860. The smallest absolute Gasteiger partial charge is 0.0864 e. The minimum absolute atomic E-state index is 0.274. The number of nitrogens with zero attached hydrogens (tertiary/aromatic N) is 1. The molecule has 0 saturated carbocycles. The first-order chi connectivity index (χ1) is 9.80. The molecule has 20 heavy (non-hydrogen) atoms. The number of rotatable bonds is 7. The molecule has 2 rings (SSSR count). The Labute approximate surface area is 124 Å². The third-order valence-corrected chi connectivity index (χ3v) is 4.40. The second kappa shape index (κ2) is 7.80. The first-order valence-electron chi connectivity index (χ1n) is 8.13. The SMILES string of the molecule is CCCN(CCC)CC1CCc2ccccc2C1OC. The average Bonchev–Trinajstić information content (AvgIpc) is 2.47. The van der Waals surface area contributed by atoms with Gasteiger partial charge in [0, 0.05) is 19.6 Å². The summed E-state index contributed by atoms with van der Waals surface area (Å²) in [7, 11) is 1.86. The molecule has 0 bridgehead atoms. The third-order valence-electron chi connectivity index (χ3n) is 4.40. The van der Waals surface area contributed by atoms with Crippen molar-refractivity contribution < 1.29 is 4.74 Å². The molecule has 1 aliphatic rings. The number of fused-ring (bicyclic) bond motifs is 1. The number of methoxy groups -OCH3 is 1. The monoisotopic (exact) mass is 275 g/mol. The van der Waals surface area contributed by atoms with Crippen LogP contribution in [0.1, 0.15) is 50.3 Å². The first-order valence-corrected chi connectivity index (χ1v) is 8.13. The van der Waals surface area contributed by atoms with E-state index in [1.165, 1.54) is 56.4 Å². The lowest BCUT2D eigenvalue weighted by atomic mass is 9.81. The van der Waals surface area contributed by atoms with Crippen LogP contribution in [0.2, 0.25) is 0 Å². The summed E-state index contributed by atoms with van der Waals surface area (Å²) in [5.74, 6) is 0.632. The molecule has 1 aliphatic carbocycles. The van der Waals surface area contributed by atoms with Gasteiger partial charge in [0.05, 0.1) is 6.10 Å². The topological polar surface area (TPSA) is 12.5 Å². The summed E-state index contributed by atoms with van der Waals surface area (Å²) in [6.45, 7) is 8.14. The second-order valence-corrected chi connectivity index (χ2v) is 5.95. The predicted octanol–water partition coefficient (Wildman–Crippen LogP) is 4.06. The molecule has 0 spiro atoms. The molecular weight excluding hydrogens is 246 g/mol. The Morgan fingerprint density at radius 1 is 1.15 bits per heavy atom. The van der Waals surface area contributed by atoms with Gasteiger partial charge in [0.25, 0.3) is 0 Å². The summed E-state index contributed by atoms with van der Waals surface area (Å²) >= 11 is 0. The van der Waals surface area contributed by atoms with Crippen LogP contribution in [0.5, 0.6) is 0 Å². The summed E-state index contributed by atoms with van der Waals surface area (Å²) in [6.07, 6.45) is 5.20. The lowest BCUT2D eigenvalue weighted by Crippen LogP contribution is -2.36. The Morgan fingerprint density at radius 3 is 2.50 bits per heavy atom. The summed E-state index contributed by atoms with van der Waals surface area (Å²) in [5, 5.41) is 0. The van der Waals surface area contributed by atoms with E-state index in [2.05, 4.69) is 43.0 Å². The lowest BCUT2D eigenvalue weighted by molar-refractivity contribution is 0.0234. The average molecular weight is 275 g/mol. The zero-order valence-corrected chi connectivity index (χ0v) is 13.3. The number of aryl methyl sites for hydroxylation is 1. The molecule has 0 saturated heterocycles. The highest BCUT2D eigenvalue weighted by Gasteiger charge is 2.30. The van der Waals surface area contributed by atoms with Crippen molar-refractivity contribution in [3.8, 4) is 0 Å². The van der Waals surface area contributed by atoms with Crippen molar-refractivity contribution in [3.05, 3.63) is 35.4 Å². The molecule has 0 heterocycles. The van der Waals surface area contributed by atoms with E-state index in [0.29, 0.717) is 5.92 Å². The molecule has 112 valence electrons. The minimum atomic E-state index is 0.274. The number of hydrogen-bond acceptors (Lipinski definition) is 2. The predicted molar refractivity (Wildman–Crippen MR) is 85.0 cm³/mol. The third kappa shape index (κ3) is 3.62. The molecule has 0 fully saturated rings.